The predicted molar refractivity (Wildman–Crippen MR) is 83.8 cm³/mol. The van der Waals surface area contributed by atoms with Crippen LogP contribution in [0.4, 0.5) is 11.4 Å². The first-order valence-corrected chi connectivity index (χ1v) is 7.88. The Morgan fingerprint density at radius 3 is 2.84 bits per heavy atom. The van der Waals surface area contributed by atoms with E-state index in [1.807, 2.05) is 13.0 Å². The normalized spacial score (nSPS) is 18.0. The van der Waals surface area contributed by atoms with Crippen LogP contribution in [0, 0.1) is 12.8 Å². The number of thiazole rings is 1. The molecule has 102 valence electrons. The zero-order valence-electron chi connectivity index (χ0n) is 11.6. The summed E-state index contributed by atoms with van der Waals surface area (Å²) in [5.41, 5.74) is 9.09. The molecule has 1 fully saturated rings. The monoisotopic (exact) mass is 275 g/mol. The van der Waals surface area contributed by atoms with Crippen LogP contribution in [-0.4, -0.2) is 11.0 Å². The number of hydrogen-bond donors (Lipinski definition) is 2. The third-order valence-corrected chi connectivity index (χ3v) is 5.09. The molecule has 3 rings (SSSR count). The van der Waals surface area contributed by atoms with Crippen LogP contribution in [0.25, 0.3) is 10.2 Å². The van der Waals surface area contributed by atoms with Crippen LogP contribution in [0.3, 0.4) is 0 Å². The van der Waals surface area contributed by atoms with E-state index in [2.05, 4.69) is 23.3 Å². The summed E-state index contributed by atoms with van der Waals surface area (Å²) in [7, 11) is 0. The van der Waals surface area contributed by atoms with Crippen LogP contribution in [0.5, 0.6) is 0 Å². The van der Waals surface area contributed by atoms with Crippen LogP contribution in [0.1, 0.15) is 37.6 Å². The molecule has 3 nitrogen and oxygen atoms in total. The van der Waals surface area contributed by atoms with Crippen molar-refractivity contribution in [1.82, 2.24) is 4.98 Å². The fourth-order valence-corrected chi connectivity index (χ4v) is 3.91. The van der Waals surface area contributed by atoms with E-state index in [0.29, 0.717) is 6.04 Å². The maximum Gasteiger partial charge on any atom is 0.0907 e. The molecule has 1 aliphatic rings. The van der Waals surface area contributed by atoms with Gasteiger partial charge in [-0.3, -0.25) is 0 Å². The van der Waals surface area contributed by atoms with Crippen molar-refractivity contribution in [2.45, 2.75) is 45.6 Å². The van der Waals surface area contributed by atoms with Gasteiger partial charge in [-0.15, -0.1) is 11.3 Å². The first kappa shape index (κ1) is 12.7. The second-order valence-corrected chi connectivity index (χ2v) is 6.85. The fourth-order valence-electron chi connectivity index (χ4n) is 3.05. The van der Waals surface area contributed by atoms with Crippen molar-refractivity contribution in [3.63, 3.8) is 0 Å². The number of nitrogens with two attached hydrogens (primary N) is 1. The molecule has 0 spiro atoms. The van der Waals surface area contributed by atoms with Gasteiger partial charge in [0.25, 0.3) is 0 Å². The van der Waals surface area contributed by atoms with Gasteiger partial charge in [0.15, 0.2) is 0 Å². The Bertz CT molecular complexity index is 584. The molecule has 0 aliphatic heterocycles. The van der Waals surface area contributed by atoms with Crippen molar-refractivity contribution >= 4 is 32.9 Å². The number of rotatable bonds is 3. The molecule has 0 bridgehead atoms. The number of aromatic nitrogens is 1. The molecule has 1 atom stereocenters. The molecule has 1 unspecified atom stereocenters. The Labute approximate surface area is 118 Å². The summed E-state index contributed by atoms with van der Waals surface area (Å²) >= 11 is 1.70. The molecule has 19 heavy (non-hydrogen) atoms. The van der Waals surface area contributed by atoms with E-state index in [0.717, 1.165) is 27.8 Å². The van der Waals surface area contributed by atoms with Gasteiger partial charge in [-0.1, -0.05) is 12.8 Å². The maximum absolute atomic E-state index is 6.16. The number of hydrogen-bond acceptors (Lipinski definition) is 4. The summed E-state index contributed by atoms with van der Waals surface area (Å²) in [6.45, 7) is 4.31. The number of benzene rings is 1. The molecule has 2 aromatic rings. The van der Waals surface area contributed by atoms with Gasteiger partial charge in [0.2, 0.25) is 0 Å². The van der Waals surface area contributed by atoms with E-state index >= 15 is 0 Å². The van der Waals surface area contributed by atoms with Gasteiger partial charge in [-0.05, 0) is 44.7 Å². The second kappa shape index (κ2) is 5.00. The SMILES string of the molecule is Cc1nc2cc(NC(C)C3CCCC3)c(N)cc2s1. The first-order valence-electron chi connectivity index (χ1n) is 7.06. The highest BCUT2D eigenvalue weighted by Gasteiger charge is 2.22. The van der Waals surface area contributed by atoms with Crippen LogP contribution < -0.4 is 11.1 Å². The third kappa shape index (κ3) is 2.54. The molecule has 1 heterocycles. The zero-order valence-corrected chi connectivity index (χ0v) is 12.4. The largest absolute Gasteiger partial charge is 0.397 e. The topological polar surface area (TPSA) is 50.9 Å². The van der Waals surface area contributed by atoms with Crippen molar-refractivity contribution in [2.24, 2.45) is 5.92 Å². The quantitative estimate of drug-likeness (QED) is 0.826. The van der Waals surface area contributed by atoms with E-state index < -0.39 is 0 Å². The van der Waals surface area contributed by atoms with E-state index in [-0.39, 0.29) is 0 Å². The number of fused-ring (bicyclic) bond motifs is 1. The number of nitrogen functional groups attached to an aromatic ring is 1. The molecule has 0 radical (unpaired) electrons. The standard InChI is InChI=1S/C15H21N3S/c1-9(11-5-3-4-6-11)17-13-8-14-15(7-12(13)16)19-10(2)18-14/h7-9,11,17H,3-6,16H2,1-2H3. The van der Waals surface area contributed by atoms with Gasteiger partial charge >= 0.3 is 0 Å². The molecule has 1 saturated carbocycles. The van der Waals surface area contributed by atoms with Crippen LogP contribution in [0.15, 0.2) is 12.1 Å². The molecule has 1 aliphatic carbocycles. The summed E-state index contributed by atoms with van der Waals surface area (Å²) < 4.78 is 1.18. The summed E-state index contributed by atoms with van der Waals surface area (Å²) in [5, 5.41) is 4.69. The van der Waals surface area contributed by atoms with Crippen molar-refractivity contribution in [3.05, 3.63) is 17.1 Å². The number of nitrogens with one attached hydrogen (secondary N) is 1. The molecule has 0 saturated heterocycles. The highest BCUT2D eigenvalue weighted by Crippen LogP contribution is 2.33. The van der Waals surface area contributed by atoms with E-state index in [9.17, 15) is 0 Å². The maximum atomic E-state index is 6.16. The number of aryl methyl sites for hydroxylation is 1. The average molecular weight is 275 g/mol. The fraction of sp³-hybridized carbons (Fsp3) is 0.533. The number of nitrogens with zero attached hydrogens (tertiary/aromatic N) is 1. The highest BCUT2D eigenvalue weighted by molar-refractivity contribution is 7.18. The summed E-state index contributed by atoms with van der Waals surface area (Å²) in [5.74, 6) is 0.785. The Morgan fingerprint density at radius 2 is 2.11 bits per heavy atom. The second-order valence-electron chi connectivity index (χ2n) is 5.62. The molecular weight excluding hydrogens is 254 g/mol. The van der Waals surface area contributed by atoms with E-state index in [1.165, 1.54) is 30.4 Å². The lowest BCUT2D eigenvalue weighted by molar-refractivity contribution is 0.482. The van der Waals surface area contributed by atoms with E-state index in [4.69, 9.17) is 5.73 Å². The van der Waals surface area contributed by atoms with Gasteiger partial charge in [0.05, 0.1) is 26.6 Å². The smallest absolute Gasteiger partial charge is 0.0907 e. The minimum Gasteiger partial charge on any atom is -0.397 e. The van der Waals surface area contributed by atoms with Gasteiger partial charge in [0.1, 0.15) is 0 Å². The van der Waals surface area contributed by atoms with Crippen LogP contribution in [0.2, 0.25) is 0 Å². The van der Waals surface area contributed by atoms with Crippen molar-refractivity contribution in [1.29, 1.82) is 0 Å². The molecule has 1 aromatic carbocycles. The minimum atomic E-state index is 0.488. The van der Waals surface area contributed by atoms with Crippen molar-refractivity contribution < 1.29 is 0 Å². The lowest BCUT2D eigenvalue weighted by Gasteiger charge is -2.22. The van der Waals surface area contributed by atoms with Crippen molar-refractivity contribution in [3.8, 4) is 0 Å². The molecule has 0 amide bonds. The first-order chi connectivity index (χ1) is 9.13. The van der Waals surface area contributed by atoms with Gasteiger partial charge in [-0.2, -0.15) is 0 Å². The van der Waals surface area contributed by atoms with Gasteiger partial charge in [0, 0.05) is 6.04 Å². The average Bonchev–Trinajstić information content (AvgIpc) is 2.97. The number of anilines is 2. The molecule has 4 heteroatoms. The zero-order chi connectivity index (χ0) is 13.4. The predicted octanol–water partition coefficient (Wildman–Crippen LogP) is 4.18. The molecule has 3 N–H and O–H groups in total. The Balaban J connectivity index is 1.84. The van der Waals surface area contributed by atoms with E-state index in [1.54, 1.807) is 11.3 Å². The highest BCUT2D eigenvalue weighted by atomic mass is 32.1. The third-order valence-electron chi connectivity index (χ3n) is 4.16. The van der Waals surface area contributed by atoms with Crippen LogP contribution in [-0.2, 0) is 0 Å². The van der Waals surface area contributed by atoms with Gasteiger partial charge < -0.3 is 11.1 Å². The summed E-state index contributed by atoms with van der Waals surface area (Å²) in [4.78, 5) is 4.54. The molecule has 1 aromatic heterocycles. The Kier molecular flexibility index (Phi) is 3.35. The van der Waals surface area contributed by atoms with Gasteiger partial charge in [-0.25, -0.2) is 4.98 Å². The Hall–Kier alpha value is -1.29. The summed E-state index contributed by atoms with van der Waals surface area (Å²) in [6.07, 6.45) is 5.42. The molecular formula is C15H21N3S. The van der Waals surface area contributed by atoms with Crippen LogP contribution >= 0.6 is 11.3 Å². The summed E-state index contributed by atoms with van der Waals surface area (Å²) in [6, 6.07) is 4.63. The van der Waals surface area contributed by atoms with Crippen molar-refractivity contribution in [2.75, 3.05) is 11.1 Å². The lowest BCUT2D eigenvalue weighted by Crippen LogP contribution is -2.24. The lowest BCUT2D eigenvalue weighted by atomic mass is 9.99. The Morgan fingerprint density at radius 1 is 1.37 bits per heavy atom. The minimum absolute atomic E-state index is 0.488.